The van der Waals surface area contributed by atoms with Gasteiger partial charge >= 0.3 is 12.1 Å². The first-order chi connectivity index (χ1) is 16.4. The Morgan fingerprint density at radius 3 is 2.26 bits per heavy atom. The second-order valence-electron chi connectivity index (χ2n) is 9.31. The molecule has 0 spiro atoms. The SMILES string of the molecule is C=CCN(C(=O)C(NC(=O)OC(C)(C)C)C(C)C)C(C(=O)NCCC(=O)OCC)c1ccccc1. The van der Waals surface area contributed by atoms with E-state index in [9.17, 15) is 19.2 Å². The van der Waals surface area contributed by atoms with Crippen LogP contribution < -0.4 is 10.6 Å². The second kappa shape index (κ2) is 14.1. The largest absolute Gasteiger partial charge is 0.466 e. The van der Waals surface area contributed by atoms with Crippen LogP contribution in [0.3, 0.4) is 0 Å². The van der Waals surface area contributed by atoms with Gasteiger partial charge in [-0.2, -0.15) is 0 Å². The molecule has 0 radical (unpaired) electrons. The van der Waals surface area contributed by atoms with Crippen molar-refractivity contribution in [1.29, 1.82) is 0 Å². The van der Waals surface area contributed by atoms with Gasteiger partial charge in [0.15, 0.2) is 0 Å². The molecule has 1 aromatic rings. The molecule has 0 aliphatic carbocycles. The Kier molecular flexibility index (Phi) is 12.0. The monoisotopic (exact) mass is 489 g/mol. The zero-order valence-electron chi connectivity index (χ0n) is 21.6. The molecule has 2 N–H and O–H groups in total. The zero-order chi connectivity index (χ0) is 26.6. The lowest BCUT2D eigenvalue weighted by atomic mass is 9.99. The summed E-state index contributed by atoms with van der Waals surface area (Å²) in [5.74, 6) is -1.63. The minimum absolute atomic E-state index is 0.00527. The smallest absolute Gasteiger partial charge is 0.408 e. The molecule has 35 heavy (non-hydrogen) atoms. The third-order valence-corrected chi connectivity index (χ3v) is 4.82. The second-order valence-corrected chi connectivity index (χ2v) is 9.31. The van der Waals surface area contributed by atoms with Crippen LogP contribution in [0.4, 0.5) is 4.79 Å². The number of nitrogens with zero attached hydrogens (tertiary/aromatic N) is 1. The maximum Gasteiger partial charge on any atom is 0.408 e. The minimum atomic E-state index is -1.01. The molecule has 0 aliphatic rings. The molecular formula is C26H39N3O6. The standard InChI is InChI=1S/C26H39N3O6/c1-8-17-29(24(32)21(18(3)4)28-25(33)35-26(5,6)7)22(19-13-11-10-12-14-19)23(31)27-16-15-20(30)34-9-2/h8,10-14,18,21-22H,1,9,15-17H2,2-7H3,(H,27,31)(H,28,33). The molecule has 9 nitrogen and oxygen atoms in total. The van der Waals surface area contributed by atoms with Crippen LogP contribution in [0.25, 0.3) is 0 Å². The van der Waals surface area contributed by atoms with Gasteiger partial charge < -0.3 is 25.0 Å². The summed E-state index contributed by atoms with van der Waals surface area (Å²) in [4.78, 5) is 52.5. The third-order valence-electron chi connectivity index (χ3n) is 4.82. The van der Waals surface area contributed by atoms with Crippen LogP contribution in [0, 0.1) is 5.92 Å². The van der Waals surface area contributed by atoms with E-state index >= 15 is 0 Å². The average molecular weight is 490 g/mol. The molecule has 194 valence electrons. The van der Waals surface area contributed by atoms with E-state index in [2.05, 4.69) is 17.2 Å². The molecule has 0 bridgehead atoms. The number of amides is 3. The lowest BCUT2D eigenvalue weighted by molar-refractivity contribution is -0.144. The van der Waals surface area contributed by atoms with Crippen LogP contribution in [0.5, 0.6) is 0 Å². The Bertz CT molecular complexity index is 864. The van der Waals surface area contributed by atoms with Gasteiger partial charge in [-0.25, -0.2) is 4.79 Å². The topological polar surface area (TPSA) is 114 Å². The van der Waals surface area contributed by atoms with E-state index in [1.54, 1.807) is 71.9 Å². The maximum absolute atomic E-state index is 13.7. The fourth-order valence-corrected chi connectivity index (χ4v) is 3.31. The fraction of sp³-hybridized carbons (Fsp3) is 0.538. The van der Waals surface area contributed by atoms with Gasteiger partial charge in [0.05, 0.1) is 13.0 Å². The van der Waals surface area contributed by atoms with E-state index in [0.29, 0.717) is 5.56 Å². The van der Waals surface area contributed by atoms with Crippen molar-refractivity contribution in [3.05, 3.63) is 48.6 Å². The summed E-state index contributed by atoms with van der Waals surface area (Å²) in [5.41, 5.74) is -0.156. The van der Waals surface area contributed by atoms with Crippen LogP contribution in [0.15, 0.2) is 43.0 Å². The third kappa shape index (κ3) is 10.2. The first kappa shape index (κ1) is 29.7. The number of alkyl carbamates (subject to hydrolysis) is 1. The summed E-state index contributed by atoms with van der Waals surface area (Å²) < 4.78 is 10.2. The van der Waals surface area contributed by atoms with Gasteiger partial charge in [0.25, 0.3) is 0 Å². The Morgan fingerprint density at radius 1 is 1.11 bits per heavy atom. The van der Waals surface area contributed by atoms with Gasteiger partial charge in [-0.05, 0) is 39.2 Å². The van der Waals surface area contributed by atoms with Crippen LogP contribution >= 0.6 is 0 Å². The van der Waals surface area contributed by atoms with E-state index in [1.165, 1.54) is 11.0 Å². The van der Waals surface area contributed by atoms with Crippen molar-refractivity contribution in [1.82, 2.24) is 15.5 Å². The predicted octanol–water partition coefficient (Wildman–Crippen LogP) is 3.36. The van der Waals surface area contributed by atoms with Crippen LogP contribution in [-0.2, 0) is 23.9 Å². The van der Waals surface area contributed by atoms with E-state index in [1.807, 2.05) is 0 Å². The van der Waals surface area contributed by atoms with E-state index in [0.717, 1.165) is 0 Å². The van der Waals surface area contributed by atoms with Crippen LogP contribution in [0.1, 0.15) is 59.6 Å². The Labute approximate surface area is 208 Å². The van der Waals surface area contributed by atoms with Crippen LogP contribution in [-0.4, -0.2) is 60.1 Å². The molecule has 0 fully saturated rings. The van der Waals surface area contributed by atoms with E-state index in [4.69, 9.17) is 9.47 Å². The van der Waals surface area contributed by atoms with Crippen LogP contribution in [0.2, 0.25) is 0 Å². The number of nitrogens with one attached hydrogen (secondary N) is 2. The number of esters is 1. The first-order valence-electron chi connectivity index (χ1n) is 11.8. The normalized spacial score (nSPS) is 12.8. The fourth-order valence-electron chi connectivity index (χ4n) is 3.31. The van der Waals surface area contributed by atoms with Gasteiger partial charge in [-0.15, -0.1) is 6.58 Å². The number of carbonyl (C=O) groups excluding carboxylic acids is 4. The number of hydrogen-bond donors (Lipinski definition) is 2. The summed E-state index contributed by atoms with van der Waals surface area (Å²) >= 11 is 0. The quantitative estimate of drug-likeness (QED) is 0.344. The lowest BCUT2D eigenvalue weighted by Gasteiger charge is -2.35. The molecule has 0 aromatic heterocycles. The average Bonchev–Trinajstić information content (AvgIpc) is 2.76. The number of rotatable bonds is 12. The summed E-state index contributed by atoms with van der Waals surface area (Å²) in [5, 5.41) is 5.37. The van der Waals surface area contributed by atoms with Crippen molar-refractivity contribution < 1.29 is 28.7 Å². The Morgan fingerprint density at radius 2 is 1.74 bits per heavy atom. The number of benzene rings is 1. The number of hydrogen-bond acceptors (Lipinski definition) is 6. The summed E-state index contributed by atoms with van der Waals surface area (Å²) in [6.07, 6.45) is 0.800. The molecule has 2 unspecified atom stereocenters. The molecule has 1 rings (SSSR count). The Hall–Kier alpha value is -3.36. The highest BCUT2D eigenvalue weighted by molar-refractivity contribution is 5.92. The summed E-state index contributed by atoms with van der Waals surface area (Å²) in [6, 6.07) is 6.87. The van der Waals surface area contributed by atoms with Crippen molar-refractivity contribution in [2.45, 2.75) is 65.6 Å². The molecule has 0 saturated heterocycles. The highest BCUT2D eigenvalue weighted by Crippen LogP contribution is 2.24. The zero-order valence-corrected chi connectivity index (χ0v) is 21.6. The molecule has 0 heterocycles. The molecule has 0 aliphatic heterocycles. The van der Waals surface area contributed by atoms with Crippen molar-refractivity contribution in [2.24, 2.45) is 5.92 Å². The number of carbonyl (C=O) groups is 4. The van der Waals surface area contributed by atoms with Gasteiger partial charge in [-0.1, -0.05) is 50.3 Å². The molecular weight excluding hydrogens is 450 g/mol. The van der Waals surface area contributed by atoms with Crippen molar-refractivity contribution in [3.8, 4) is 0 Å². The Balaban J connectivity index is 3.24. The maximum atomic E-state index is 13.7. The molecule has 1 aromatic carbocycles. The lowest BCUT2D eigenvalue weighted by Crippen LogP contribution is -2.55. The van der Waals surface area contributed by atoms with Gasteiger partial charge in [0.1, 0.15) is 17.7 Å². The molecule has 3 amide bonds. The minimum Gasteiger partial charge on any atom is -0.466 e. The summed E-state index contributed by atoms with van der Waals surface area (Å²) in [7, 11) is 0. The van der Waals surface area contributed by atoms with Crippen molar-refractivity contribution in [3.63, 3.8) is 0 Å². The molecule has 2 atom stereocenters. The van der Waals surface area contributed by atoms with Gasteiger partial charge in [0.2, 0.25) is 11.8 Å². The first-order valence-corrected chi connectivity index (χ1v) is 11.8. The highest BCUT2D eigenvalue weighted by atomic mass is 16.6. The number of ether oxygens (including phenoxy) is 2. The molecule has 9 heteroatoms. The van der Waals surface area contributed by atoms with E-state index < -0.39 is 41.6 Å². The van der Waals surface area contributed by atoms with Gasteiger partial charge in [-0.3, -0.25) is 14.4 Å². The highest BCUT2D eigenvalue weighted by Gasteiger charge is 2.36. The van der Waals surface area contributed by atoms with Crippen molar-refractivity contribution >= 4 is 23.9 Å². The van der Waals surface area contributed by atoms with E-state index in [-0.39, 0.29) is 32.0 Å². The summed E-state index contributed by atoms with van der Waals surface area (Å²) in [6.45, 7) is 14.6. The molecule has 0 saturated carbocycles. The van der Waals surface area contributed by atoms with Crippen molar-refractivity contribution in [2.75, 3.05) is 19.7 Å². The van der Waals surface area contributed by atoms with Gasteiger partial charge in [0, 0.05) is 13.1 Å². The predicted molar refractivity (Wildman–Crippen MR) is 133 cm³/mol.